The van der Waals surface area contributed by atoms with Crippen LogP contribution in [0.3, 0.4) is 0 Å². The van der Waals surface area contributed by atoms with Gasteiger partial charge >= 0.3 is 0 Å². The summed E-state index contributed by atoms with van der Waals surface area (Å²) < 4.78 is 5.07. The average molecular weight is 361 g/mol. The van der Waals surface area contributed by atoms with Gasteiger partial charge in [-0.15, -0.1) is 11.3 Å². The number of nitrogens with one attached hydrogen (secondary N) is 2. The lowest BCUT2D eigenvalue weighted by atomic mass is 10.3. The number of carbonyl (C=O) groups excluding carboxylic acids is 1. The van der Waals surface area contributed by atoms with Crippen LogP contribution in [-0.4, -0.2) is 28.7 Å². The molecule has 0 spiro atoms. The number of fused-ring (bicyclic) bond motifs is 1. The average Bonchev–Trinajstić information content (AvgIpc) is 2.95. The van der Waals surface area contributed by atoms with E-state index >= 15 is 0 Å². The number of anilines is 1. The first-order chi connectivity index (χ1) is 11.6. The molecule has 2 heterocycles. The van der Waals surface area contributed by atoms with Crippen LogP contribution in [0.25, 0.3) is 10.2 Å². The van der Waals surface area contributed by atoms with E-state index in [0.29, 0.717) is 21.1 Å². The molecule has 8 heteroatoms. The van der Waals surface area contributed by atoms with Crippen LogP contribution < -0.4 is 15.6 Å². The molecular weight excluding hydrogens is 346 g/mol. The molecule has 3 aromatic rings. The van der Waals surface area contributed by atoms with Crippen molar-refractivity contribution in [3.8, 4) is 5.75 Å². The Kier molecular flexibility index (Phi) is 4.86. The largest absolute Gasteiger partial charge is 0.497 e. The molecule has 2 N–H and O–H groups in total. The third kappa shape index (κ3) is 3.60. The highest BCUT2D eigenvalue weighted by atomic mass is 32.2. The number of benzene rings is 1. The molecule has 0 aliphatic rings. The highest BCUT2D eigenvalue weighted by molar-refractivity contribution is 7.99. The van der Waals surface area contributed by atoms with E-state index in [-0.39, 0.29) is 17.2 Å². The summed E-state index contributed by atoms with van der Waals surface area (Å²) >= 11 is 2.62. The molecule has 0 fully saturated rings. The van der Waals surface area contributed by atoms with Crippen LogP contribution >= 0.6 is 23.1 Å². The summed E-state index contributed by atoms with van der Waals surface area (Å²) in [6.07, 6.45) is 0. The number of ether oxygens (including phenoxy) is 1. The van der Waals surface area contributed by atoms with E-state index in [2.05, 4.69) is 15.3 Å². The summed E-state index contributed by atoms with van der Waals surface area (Å²) in [5, 5.41) is 5.75. The van der Waals surface area contributed by atoms with Crippen molar-refractivity contribution >= 4 is 44.9 Å². The van der Waals surface area contributed by atoms with Gasteiger partial charge in [0.25, 0.3) is 5.56 Å². The van der Waals surface area contributed by atoms with Crippen molar-refractivity contribution < 1.29 is 9.53 Å². The van der Waals surface area contributed by atoms with Gasteiger partial charge in [-0.2, -0.15) is 0 Å². The van der Waals surface area contributed by atoms with E-state index in [0.717, 1.165) is 11.3 Å². The van der Waals surface area contributed by atoms with Crippen molar-refractivity contribution in [1.29, 1.82) is 0 Å². The monoisotopic (exact) mass is 361 g/mol. The summed E-state index contributed by atoms with van der Waals surface area (Å²) in [6, 6.07) is 7.08. The van der Waals surface area contributed by atoms with Crippen molar-refractivity contribution in [2.24, 2.45) is 0 Å². The van der Waals surface area contributed by atoms with Gasteiger partial charge in [-0.3, -0.25) is 9.59 Å². The quantitative estimate of drug-likeness (QED) is 0.539. The third-order valence-electron chi connectivity index (χ3n) is 3.32. The Morgan fingerprint density at radius 2 is 2.12 bits per heavy atom. The minimum Gasteiger partial charge on any atom is -0.497 e. The zero-order valence-corrected chi connectivity index (χ0v) is 14.7. The topological polar surface area (TPSA) is 84.1 Å². The molecule has 24 heavy (non-hydrogen) atoms. The Morgan fingerprint density at radius 1 is 1.38 bits per heavy atom. The van der Waals surface area contributed by atoms with Gasteiger partial charge in [-0.25, -0.2) is 4.98 Å². The molecule has 1 amide bonds. The van der Waals surface area contributed by atoms with Crippen molar-refractivity contribution in [3.05, 3.63) is 45.6 Å². The van der Waals surface area contributed by atoms with Gasteiger partial charge in [-0.05, 0) is 42.1 Å². The second-order valence-corrected chi connectivity index (χ2v) is 6.86. The Bertz CT molecular complexity index is 932. The van der Waals surface area contributed by atoms with E-state index < -0.39 is 0 Å². The molecule has 1 aromatic carbocycles. The maximum atomic E-state index is 12.1. The molecule has 0 saturated carbocycles. The van der Waals surface area contributed by atoms with Crippen LogP contribution in [0.2, 0.25) is 0 Å². The molecule has 0 aliphatic carbocycles. The standard InChI is InChI=1S/C16H15N3O3S2/c1-9-7-23-15-13(9)14(21)18-16(19-15)24-8-12(20)17-10-3-5-11(22-2)6-4-10/h3-7H,8H2,1-2H3,(H,17,20)(H,18,19,21). The number of hydrogen-bond donors (Lipinski definition) is 2. The Balaban J connectivity index is 1.64. The van der Waals surface area contributed by atoms with Crippen molar-refractivity contribution in [2.75, 3.05) is 18.2 Å². The Hall–Kier alpha value is -2.32. The number of thioether (sulfide) groups is 1. The van der Waals surface area contributed by atoms with Gasteiger partial charge in [0.2, 0.25) is 5.91 Å². The van der Waals surface area contributed by atoms with E-state index in [4.69, 9.17) is 4.74 Å². The van der Waals surface area contributed by atoms with Crippen LogP contribution in [0.5, 0.6) is 5.75 Å². The number of H-pyrrole nitrogens is 1. The van der Waals surface area contributed by atoms with Gasteiger partial charge in [0, 0.05) is 5.69 Å². The van der Waals surface area contributed by atoms with Crippen molar-refractivity contribution in [3.63, 3.8) is 0 Å². The summed E-state index contributed by atoms with van der Waals surface area (Å²) in [5.74, 6) is 0.712. The first-order valence-corrected chi connectivity index (χ1v) is 8.98. The van der Waals surface area contributed by atoms with Gasteiger partial charge in [0.05, 0.1) is 18.2 Å². The second kappa shape index (κ2) is 7.06. The lowest BCUT2D eigenvalue weighted by molar-refractivity contribution is -0.113. The third-order valence-corrected chi connectivity index (χ3v) is 5.18. The number of nitrogens with zero attached hydrogens (tertiary/aromatic N) is 1. The lowest BCUT2D eigenvalue weighted by Gasteiger charge is -2.06. The summed E-state index contributed by atoms with van der Waals surface area (Å²) in [4.78, 5) is 31.9. The zero-order valence-electron chi connectivity index (χ0n) is 13.1. The van der Waals surface area contributed by atoms with Crippen LogP contribution in [0.1, 0.15) is 5.56 Å². The fraction of sp³-hybridized carbons (Fsp3) is 0.188. The Morgan fingerprint density at radius 3 is 2.83 bits per heavy atom. The van der Waals surface area contributed by atoms with E-state index in [1.165, 1.54) is 23.1 Å². The molecule has 0 aliphatic heterocycles. The smallest absolute Gasteiger partial charge is 0.260 e. The number of hydrogen-bond acceptors (Lipinski definition) is 6. The molecule has 0 saturated heterocycles. The van der Waals surface area contributed by atoms with Gasteiger partial charge in [0.15, 0.2) is 5.16 Å². The summed E-state index contributed by atoms with van der Waals surface area (Å²) in [6.45, 7) is 1.88. The summed E-state index contributed by atoms with van der Waals surface area (Å²) in [5.41, 5.74) is 1.43. The first kappa shape index (κ1) is 16.5. The SMILES string of the molecule is COc1ccc(NC(=O)CSc2nc3scc(C)c3c(=O)[nH]2)cc1. The summed E-state index contributed by atoms with van der Waals surface area (Å²) in [7, 11) is 1.59. The van der Waals surface area contributed by atoms with Gasteiger partial charge in [-0.1, -0.05) is 11.8 Å². The number of amides is 1. The second-order valence-electron chi connectivity index (χ2n) is 5.04. The molecule has 0 radical (unpaired) electrons. The highest BCUT2D eigenvalue weighted by Gasteiger charge is 2.10. The number of rotatable bonds is 5. The minimum atomic E-state index is -0.171. The number of aryl methyl sites for hydroxylation is 1. The van der Waals surface area contributed by atoms with E-state index in [1.54, 1.807) is 31.4 Å². The highest BCUT2D eigenvalue weighted by Crippen LogP contribution is 2.22. The molecule has 0 unspecified atom stereocenters. The molecule has 0 bridgehead atoms. The van der Waals surface area contributed by atoms with Crippen LogP contribution in [0, 0.1) is 6.92 Å². The fourth-order valence-corrected chi connectivity index (χ4v) is 3.78. The maximum absolute atomic E-state index is 12.1. The zero-order chi connectivity index (χ0) is 17.1. The molecule has 0 atom stereocenters. The van der Waals surface area contributed by atoms with Crippen LogP contribution in [-0.2, 0) is 4.79 Å². The minimum absolute atomic E-state index is 0.158. The number of aromatic amines is 1. The molecule has 3 rings (SSSR count). The first-order valence-electron chi connectivity index (χ1n) is 7.11. The van der Waals surface area contributed by atoms with Crippen molar-refractivity contribution in [1.82, 2.24) is 9.97 Å². The van der Waals surface area contributed by atoms with Crippen molar-refractivity contribution in [2.45, 2.75) is 12.1 Å². The van der Waals surface area contributed by atoms with E-state index in [1.807, 2.05) is 12.3 Å². The number of aromatic nitrogens is 2. The molecule has 2 aromatic heterocycles. The normalized spacial score (nSPS) is 10.8. The number of methoxy groups -OCH3 is 1. The van der Waals surface area contributed by atoms with Crippen LogP contribution in [0.15, 0.2) is 39.6 Å². The van der Waals surface area contributed by atoms with Crippen LogP contribution in [0.4, 0.5) is 5.69 Å². The molecule has 6 nitrogen and oxygen atoms in total. The molecule has 124 valence electrons. The predicted octanol–water partition coefficient (Wildman–Crippen LogP) is 3.03. The number of thiophene rings is 1. The molecular formula is C16H15N3O3S2. The van der Waals surface area contributed by atoms with E-state index in [9.17, 15) is 9.59 Å². The van der Waals surface area contributed by atoms with Gasteiger partial charge < -0.3 is 15.0 Å². The lowest BCUT2D eigenvalue weighted by Crippen LogP contribution is -2.15. The predicted molar refractivity (Wildman–Crippen MR) is 97.3 cm³/mol. The Labute approximate surface area is 146 Å². The maximum Gasteiger partial charge on any atom is 0.260 e. The van der Waals surface area contributed by atoms with Gasteiger partial charge in [0.1, 0.15) is 10.6 Å². The number of carbonyl (C=O) groups is 1. The fourth-order valence-electron chi connectivity index (χ4n) is 2.14.